The van der Waals surface area contributed by atoms with Crippen molar-refractivity contribution in [1.29, 1.82) is 0 Å². The Kier molecular flexibility index (Phi) is 3.04. The SMILES string of the molecule is O=C(Nn1cnnc1)NC1(C(F)(F)F)Oc2ccccc2O1. The number of halogens is 3. The Morgan fingerprint density at radius 3 is 2.18 bits per heavy atom. The molecule has 0 aliphatic carbocycles. The number of carbonyl (C=O) groups is 1. The van der Waals surface area contributed by atoms with Gasteiger partial charge in [0.1, 0.15) is 12.7 Å². The molecule has 0 spiro atoms. The van der Waals surface area contributed by atoms with Crippen LogP contribution in [0.3, 0.4) is 0 Å². The van der Waals surface area contributed by atoms with E-state index in [2.05, 4.69) is 15.6 Å². The monoisotopic (exact) mass is 315 g/mol. The first kappa shape index (κ1) is 14.0. The van der Waals surface area contributed by atoms with Crippen LogP contribution in [0.15, 0.2) is 36.9 Å². The molecule has 0 unspecified atom stereocenters. The molecule has 0 saturated heterocycles. The molecule has 0 fully saturated rings. The lowest BCUT2D eigenvalue weighted by Gasteiger charge is -2.29. The van der Waals surface area contributed by atoms with Gasteiger partial charge >= 0.3 is 18.1 Å². The lowest BCUT2D eigenvalue weighted by atomic mass is 10.3. The normalized spacial score (nSPS) is 15.4. The number of hydrogen-bond donors (Lipinski definition) is 2. The van der Waals surface area contributed by atoms with Crippen molar-refractivity contribution in [1.82, 2.24) is 20.2 Å². The molecule has 0 saturated carbocycles. The molecule has 0 atom stereocenters. The molecule has 2 aromatic rings. The van der Waals surface area contributed by atoms with Crippen LogP contribution in [-0.4, -0.2) is 33.0 Å². The van der Waals surface area contributed by atoms with Gasteiger partial charge in [-0.1, -0.05) is 12.1 Å². The highest BCUT2D eigenvalue weighted by molar-refractivity contribution is 5.82. The van der Waals surface area contributed by atoms with Crippen molar-refractivity contribution < 1.29 is 27.4 Å². The second-order valence-electron chi connectivity index (χ2n) is 4.20. The Balaban J connectivity index is 1.82. The first-order valence-corrected chi connectivity index (χ1v) is 5.87. The number of ether oxygens (including phenoxy) is 2. The third kappa shape index (κ3) is 2.36. The zero-order chi connectivity index (χ0) is 15.8. The molecule has 1 aliphatic rings. The van der Waals surface area contributed by atoms with Crippen LogP contribution >= 0.6 is 0 Å². The van der Waals surface area contributed by atoms with Crippen LogP contribution < -0.4 is 20.2 Å². The van der Waals surface area contributed by atoms with Crippen molar-refractivity contribution in [3.8, 4) is 11.5 Å². The number of para-hydroxylation sites is 2. The highest BCUT2D eigenvalue weighted by Crippen LogP contribution is 2.44. The summed E-state index contributed by atoms with van der Waals surface area (Å²) < 4.78 is 50.4. The van der Waals surface area contributed by atoms with E-state index in [9.17, 15) is 18.0 Å². The summed E-state index contributed by atoms with van der Waals surface area (Å²) in [6.07, 6.45) is -2.84. The maximum atomic E-state index is 13.3. The minimum absolute atomic E-state index is 0.135. The molecule has 1 aromatic carbocycles. The highest BCUT2D eigenvalue weighted by Gasteiger charge is 2.65. The van der Waals surface area contributed by atoms with Crippen LogP contribution in [0.1, 0.15) is 0 Å². The predicted molar refractivity (Wildman–Crippen MR) is 64.4 cm³/mol. The highest BCUT2D eigenvalue weighted by atomic mass is 19.4. The third-order valence-electron chi connectivity index (χ3n) is 2.66. The van der Waals surface area contributed by atoms with Gasteiger partial charge in [-0.15, -0.1) is 10.2 Å². The number of carbonyl (C=O) groups excluding carboxylic acids is 1. The first-order valence-electron chi connectivity index (χ1n) is 5.87. The van der Waals surface area contributed by atoms with Gasteiger partial charge in [0, 0.05) is 0 Å². The molecule has 8 nitrogen and oxygen atoms in total. The second-order valence-corrected chi connectivity index (χ2v) is 4.20. The molecule has 2 amide bonds. The molecule has 0 bridgehead atoms. The summed E-state index contributed by atoms with van der Waals surface area (Å²) >= 11 is 0. The van der Waals surface area contributed by atoms with Gasteiger partial charge in [-0.3, -0.25) is 5.32 Å². The molecule has 2 N–H and O–H groups in total. The topological polar surface area (TPSA) is 90.3 Å². The van der Waals surface area contributed by atoms with Crippen molar-refractivity contribution in [3.05, 3.63) is 36.9 Å². The van der Waals surface area contributed by atoms with E-state index in [1.54, 1.807) is 5.32 Å². The minimum atomic E-state index is -5.02. The quantitative estimate of drug-likeness (QED) is 0.869. The van der Waals surface area contributed by atoms with Crippen molar-refractivity contribution in [2.75, 3.05) is 5.43 Å². The summed E-state index contributed by atoms with van der Waals surface area (Å²) in [7, 11) is 0. The van der Waals surface area contributed by atoms with Gasteiger partial charge in [0.2, 0.25) is 0 Å². The van der Waals surface area contributed by atoms with Gasteiger partial charge in [0.25, 0.3) is 0 Å². The zero-order valence-corrected chi connectivity index (χ0v) is 10.7. The largest absolute Gasteiger partial charge is 0.492 e. The number of nitrogens with zero attached hydrogens (tertiary/aromatic N) is 3. The number of alkyl halides is 3. The van der Waals surface area contributed by atoms with Crippen molar-refractivity contribution in [2.24, 2.45) is 0 Å². The van der Waals surface area contributed by atoms with Crippen LogP contribution in [0, 0.1) is 0 Å². The summed E-state index contributed by atoms with van der Waals surface area (Å²) in [6.45, 7) is 0. The molecule has 11 heteroatoms. The number of rotatable bonds is 2. The number of urea groups is 1. The fraction of sp³-hybridized carbons (Fsp3) is 0.182. The van der Waals surface area contributed by atoms with E-state index in [-0.39, 0.29) is 11.5 Å². The van der Waals surface area contributed by atoms with Crippen LogP contribution in [0.5, 0.6) is 11.5 Å². The smallest absolute Gasteiger partial charge is 0.424 e. The van der Waals surface area contributed by atoms with Gasteiger partial charge in [-0.25, -0.2) is 14.9 Å². The van der Waals surface area contributed by atoms with Crippen LogP contribution in [0.2, 0.25) is 0 Å². The van der Waals surface area contributed by atoms with E-state index in [4.69, 9.17) is 9.47 Å². The fourth-order valence-electron chi connectivity index (χ4n) is 1.74. The van der Waals surface area contributed by atoms with E-state index in [1.165, 1.54) is 24.3 Å². The first-order chi connectivity index (χ1) is 10.4. The van der Waals surface area contributed by atoms with Crippen molar-refractivity contribution >= 4 is 6.03 Å². The number of hydrogen-bond acceptors (Lipinski definition) is 5. The maximum Gasteiger partial charge on any atom is 0.492 e. The number of aromatic nitrogens is 3. The summed E-state index contributed by atoms with van der Waals surface area (Å²) in [6, 6.07) is 4.33. The Bertz CT molecular complexity index is 664. The molecule has 0 radical (unpaired) electrons. The van der Waals surface area contributed by atoms with Gasteiger partial charge < -0.3 is 9.47 Å². The van der Waals surface area contributed by atoms with Crippen LogP contribution in [0.4, 0.5) is 18.0 Å². The molecule has 1 aliphatic heterocycles. The average molecular weight is 315 g/mol. The molecule has 22 heavy (non-hydrogen) atoms. The van der Waals surface area contributed by atoms with Crippen LogP contribution in [0.25, 0.3) is 0 Å². The number of fused-ring (bicyclic) bond motifs is 1. The second kappa shape index (κ2) is 4.79. The number of nitrogens with one attached hydrogen (secondary N) is 2. The average Bonchev–Trinajstić information content (AvgIpc) is 3.04. The van der Waals surface area contributed by atoms with Gasteiger partial charge in [-0.2, -0.15) is 13.2 Å². The molecule has 1 aromatic heterocycles. The van der Waals surface area contributed by atoms with Crippen LogP contribution in [-0.2, 0) is 0 Å². The van der Waals surface area contributed by atoms with Crippen molar-refractivity contribution in [3.63, 3.8) is 0 Å². The summed E-state index contributed by atoms with van der Waals surface area (Å²) in [4.78, 5) is 11.7. The summed E-state index contributed by atoms with van der Waals surface area (Å²) in [5, 5.41) is 8.40. The van der Waals surface area contributed by atoms with E-state index < -0.39 is 18.1 Å². The van der Waals surface area contributed by atoms with E-state index in [1.807, 2.05) is 0 Å². The number of benzene rings is 1. The Morgan fingerprint density at radius 1 is 1.14 bits per heavy atom. The molecule has 2 heterocycles. The fourth-order valence-corrected chi connectivity index (χ4v) is 1.74. The summed E-state index contributed by atoms with van der Waals surface area (Å²) in [5.74, 6) is -3.58. The Hall–Kier alpha value is -2.98. The third-order valence-corrected chi connectivity index (χ3v) is 2.66. The minimum Gasteiger partial charge on any atom is -0.424 e. The van der Waals surface area contributed by atoms with E-state index in [0.29, 0.717) is 0 Å². The lowest BCUT2D eigenvalue weighted by Crippen LogP contribution is -2.65. The Morgan fingerprint density at radius 2 is 1.68 bits per heavy atom. The summed E-state index contributed by atoms with van der Waals surface area (Å²) in [5.41, 5.74) is 2.05. The Labute approximate surface area is 120 Å². The van der Waals surface area contributed by atoms with E-state index in [0.717, 1.165) is 17.3 Å². The van der Waals surface area contributed by atoms with Gasteiger partial charge in [0.05, 0.1) is 0 Å². The molecule has 116 valence electrons. The predicted octanol–water partition coefficient (Wildman–Crippen LogP) is 1.22. The zero-order valence-electron chi connectivity index (χ0n) is 10.7. The van der Waals surface area contributed by atoms with Gasteiger partial charge in [-0.05, 0) is 12.1 Å². The van der Waals surface area contributed by atoms with Crippen molar-refractivity contribution in [2.45, 2.75) is 12.1 Å². The van der Waals surface area contributed by atoms with E-state index >= 15 is 0 Å². The molecule has 3 rings (SSSR count). The standard InChI is InChI=1S/C11H8F3N5O3/c12-10(13,14)11(17-9(20)18-19-5-15-16-6-19)21-7-3-1-2-4-8(7)22-11/h1-6H,(H2,17,18,20). The van der Waals surface area contributed by atoms with Gasteiger partial charge in [0.15, 0.2) is 11.5 Å². The number of amides is 2. The lowest BCUT2D eigenvalue weighted by molar-refractivity contribution is -0.317. The molecular formula is C11H8F3N5O3. The maximum absolute atomic E-state index is 13.3. The molecular weight excluding hydrogens is 307 g/mol.